The van der Waals surface area contributed by atoms with Crippen LogP contribution in [0.15, 0.2) is 10.6 Å². The lowest BCUT2D eigenvalue weighted by Gasteiger charge is -2.33. The van der Waals surface area contributed by atoms with Crippen LogP contribution in [0.4, 0.5) is 4.79 Å². The summed E-state index contributed by atoms with van der Waals surface area (Å²) >= 11 is 0. The highest BCUT2D eigenvalue weighted by Gasteiger charge is 2.22. The molecule has 0 radical (unpaired) electrons. The van der Waals surface area contributed by atoms with Crippen LogP contribution in [0.25, 0.3) is 0 Å². The van der Waals surface area contributed by atoms with Crippen LogP contribution in [0.1, 0.15) is 18.6 Å². The quantitative estimate of drug-likeness (QED) is 0.802. The molecule has 1 saturated heterocycles. The molecule has 0 unspecified atom stereocenters. The number of nitrogens with zero attached hydrogens (tertiary/aromatic N) is 3. The summed E-state index contributed by atoms with van der Waals surface area (Å²) in [5.74, 6) is 0.440. The zero-order chi connectivity index (χ0) is 15.2. The highest BCUT2D eigenvalue weighted by atomic mass is 16.4. The number of piperazine rings is 1. The van der Waals surface area contributed by atoms with Crippen LogP contribution in [-0.2, 0) is 17.8 Å². The van der Waals surface area contributed by atoms with Crippen LogP contribution in [0.3, 0.4) is 0 Å². The Morgan fingerprint density at radius 2 is 2.10 bits per heavy atom. The molecule has 0 aromatic carbocycles. The first-order valence-corrected chi connectivity index (χ1v) is 6.99. The summed E-state index contributed by atoms with van der Waals surface area (Å²) in [4.78, 5) is 30.2. The Balaban J connectivity index is 1.73. The van der Waals surface area contributed by atoms with E-state index in [0.29, 0.717) is 32.1 Å². The number of carbonyl (C=O) groups excluding carboxylic acids is 1. The molecule has 2 heterocycles. The average Bonchev–Trinajstić information content (AvgIpc) is 2.93. The van der Waals surface area contributed by atoms with Crippen LogP contribution < -0.4 is 5.32 Å². The van der Waals surface area contributed by atoms with Gasteiger partial charge in [-0.3, -0.25) is 9.69 Å². The van der Waals surface area contributed by atoms with Crippen molar-refractivity contribution in [1.29, 1.82) is 0 Å². The monoisotopic (exact) mass is 296 g/mol. The largest absolute Gasteiger partial charge is 0.480 e. The van der Waals surface area contributed by atoms with E-state index in [9.17, 15) is 9.59 Å². The molecular weight excluding hydrogens is 276 g/mol. The molecule has 1 fully saturated rings. The maximum Gasteiger partial charge on any atom is 0.317 e. The molecule has 1 aliphatic rings. The van der Waals surface area contributed by atoms with E-state index >= 15 is 0 Å². The van der Waals surface area contributed by atoms with Crippen molar-refractivity contribution in [1.82, 2.24) is 20.1 Å². The van der Waals surface area contributed by atoms with Gasteiger partial charge in [-0.05, 0) is 0 Å². The number of rotatable bonds is 5. The highest BCUT2D eigenvalue weighted by Crippen LogP contribution is 2.05. The molecule has 21 heavy (non-hydrogen) atoms. The number of aryl methyl sites for hydroxylation is 1. The van der Waals surface area contributed by atoms with Crippen molar-refractivity contribution in [3.63, 3.8) is 0 Å². The SMILES string of the molecule is CCc1cnc(CNC(=O)N2CCN(CC(=O)O)CC2)o1. The van der Waals surface area contributed by atoms with Crippen LogP contribution in [0, 0.1) is 0 Å². The molecule has 1 aromatic rings. The molecule has 0 bridgehead atoms. The van der Waals surface area contributed by atoms with E-state index in [1.54, 1.807) is 11.1 Å². The molecule has 2 rings (SSSR count). The van der Waals surface area contributed by atoms with Gasteiger partial charge in [-0.2, -0.15) is 0 Å². The third-order valence-corrected chi connectivity index (χ3v) is 3.36. The van der Waals surface area contributed by atoms with E-state index in [0.717, 1.165) is 12.2 Å². The number of hydrogen-bond acceptors (Lipinski definition) is 5. The minimum atomic E-state index is -0.844. The third-order valence-electron chi connectivity index (χ3n) is 3.36. The molecule has 1 aliphatic heterocycles. The summed E-state index contributed by atoms with van der Waals surface area (Å²) in [5, 5.41) is 11.5. The van der Waals surface area contributed by atoms with Gasteiger partial charge in [-0.1, -0.05) is 6.92 Å². The number of carboxylic acid groups (broad SMARTS) is 1. The molecule has 2 N–H and O–H groups in total. The normalized spacial score (nSPS) is 16.0. The van der Waals surface area contributed by atoms with E-state index in [1.807, 2.05) is 11.8 Å². The van der Waals surface area contributed by atoms with Crippen molar-refractivity contribution >= 4 is 12.0 Å². The Kier molecular flexibility index (Phi) is 5.15. The second-order valence-corrected chi connectivity index (χ2v) is 4.89. The lowest BCUT2D eigenvalue weighted by molar-refractivity contribution is -0.138. The van der Waals surface area contributed by atoms with Crippen molar-refractivity contribution < 1.29 is 19.1 Å². The predicted octanol–water partition coefficient (Wildman–Crippen LogP) is 0.149. The van der Waals surface area contributed by atoms with Gasteiger partial charge in [0, 0.05) is 32.6 Å². The van der Waals surface area contributed by atoms with Gasteiger partial charge in [0.2, 0.25) is 5.89 Å². The van der Waals surface area contributed by atoms with Crippen LogP contribution in [-0.4, -0.2) is 64.6 Å². The fourth-order valence-corrected chi connectivity index (χ4v) is 2.16. The highest BCUT2D eigenvalue weighted by molar-refractivity contribution is 5.74. The van der Waals surface area contributed by atoms with Crippen LogP contribution >= 0.6 is 0 Å². The lowest BCUT2D eigenvalue weighted by Crippen LogP contribution is -2.52. The minimum Gasteiger partial charge on any atom is -0.480 e. The molecule has 8 heteroatoms. The number of nitrogens with one attached hydrogen (secondary N) is 1. The van der Waals surface area contributed by atoms with E-state index in [2.05, 4.69) is 10.3 Å². The summed E-state index contributed by atoms with van der Waals surface area (Å²) in [6, 6.07) is -0.179. The lowest BCUT2D eigenvalue weighted by atomic mass is 10.3. The zero-order valence-corrected chi connectivity index (χ0v) is 12.0. The van der Waals surface area contributed by atoms with Gasteiger partial charge in [-0.15, -0.1) is 0 Å². The van der Waals surface area contributed by atoms with E-state index in [-0.39, 0.29) is 19.1 Å². The number of amides is 2. The molecule has 8 nitrogen and oxygen atoms in total. The molecule has 0 atom stereocenters. The second-order valence-electron chi connectivity index (χ2n) is 4.89. The Morgan fingerprint density at radius 1 is 1.38 bits per heavy atom. The van der Waals surface area contributed by atoms with Crippen molar-refractivity contribution in [3.05, 3.63) is 17.8 Å². The number of carboxylic acids is 1. The van der Waals surface area contributed by atoms with E-state index in [1.165, 1.54) is 0 Å². The first kappa shape index (κ1) is 15.3. The molecule has 2 amide bonds. The van der Waals surface area contributed by atoms with Gasteiger partial charge in [0.25, 0.3) is 0 Å². The fraction of sp³-hybridized carbons (Fsp3) is 0.615. The molecule has 0 saturated carbocycles. The second kappa shape index (κ2) is 7.07. The molecule has 1 aromatic heterocycles. The summed E-state index contributed by atoms with van der Waals surface area (Å²) in [7, 11) is 0. The molecule has 116 valence electrons. The maximum absolute atomic E-state index is 12.0. The van der Waals surface area contributed by atoms with Gasteiger partial charge in [0.1, 0.15) is 5.76 Å². The molecule has 0 aliphatic carbocycles. The van der Waals surface area contributed by atoms with Crippen LogP contribution in [0.5, 0.6) is 0 Å². The number of hydrogen-bond donors (Lipinski definition) is 2. The smallest absolute Gasteiger partial charge is 0.317 e. The Hall–Kier alpha value is -2.09. The van der Waals surface area contributed by atoms with Gasteiger partial charge >= 0.3 is 12.0 Å². The van der Waals surface area contributed by atoms with E-state index < -0.39 is 5.97 Å². The van der Waals surface area contributed by atoms with Gasteiger partial charge in [-0.25, -0.2) is 9.78 Å². The topological polar surface area (TPSA) is 98.9 Å². The first-order chi connectivity index (χ1) is 10.1. The van der Waals surface area contributed by atoms with Crippen molar-refractivity contribution in [2.45, 2.75) is 19.9 Å². The standard InChI is InChI=1S/C13H20N4O4/c1-2-10-7-14-11(21-10)8-15-13(20)17-5-3-16(4-6-17)9-12(18)19/h7H,2-6,8-9H2,1H3,(H,15,20)(H,18,19). The molecule has 0 spiro atoms. The van der Waals surface area contributed by atoms with Crippen LogP contribution in [0.2, 0.25) is 0 Å². The number of urea groups is 1. The summed E-state index contributed by atoms with van der Waals surface area (Å²) < 4.78 is 5.41. The molecular formula is C13H20N4O4. The van der Waals surface area contributed by atoms with Crippen molar-refractivity contribution in [2.75, 3.05) is 32.7 Å². The van der Waals surface area contributed by atoms with E-state index in [4.69, 9.17) is 9.52 Å². The van der Waals surface area contributed by atoms with Crippen molar-refractivity contribution in [2.24, 2.45) is 0 Å². The maximum atomic E-state index is 12.0. The Morgan fingerprint density at radius 3 is 2.67 bits per heavy atom. The van der Waals surface area contributed by atoms with Gasteiger partial charge in [0.05, 0.1) is 19.3 Å². The predicted molar refractivity (Wildman–Crippen MR) is 73.8 cm³/mol. The average molecular weight is 296 g/mol. The fourth-order valence-electron chi connectivity index (χ4n) is 2.16. The number of aromatic nitrogens is 1. The van der Waals surface area contributed by atoms with Gasteiger partial charge < -0.3 is 19.7 Å². The third kappa shape index (κ3) is 4.45. The Labute approximate surface area is 122 Å². The summed E-state index contributed by atoms with van der Waals surface area (Å²) in [6.45, 7) is 4.42. The van der Waals surface area contributed by atoms with Crippen molar-refractivity contribution in [3.8, 4) is 0 Å². The minimum absolute atomic E-state index is 0.0194. The zero-order valence-electron chi connectivity index (χ0n) is 12.0. The number of oxazole rings is 1. The summed E-state index contributed by atoms with van der Waals surface area (Å²) in [6.07, 6.45) is 2.43. The first-order valence-electron chi connectivity index (χ1n) is 6.99. The van der Waals surface area contributed by atoms with Gasteiger partial charge in [0.15, 0.2) is 0 Å². The number of aliphatic carboxylic acids is 1. The summed E-state index contributed by atoms with van der Waals surface area (Å²) in [5.41, 5.74) is 0. The Bertz CT molecular complexity index is 494. The number of carbonyl (C=O) groups is 2.